The van der Waals surface area contributed by atoms with Crippen molar-refractivity contribution in [3.05, 3.63) is 35.9 Å². The van der Waals surface area contributed by atoms with Crippen LogP contribution in [0.4, 0.5) is 0 Å². The first-order valence-electron chi connectivity index (χ1n) is 11.8. The zero-order valence-electron chi connectivity index (χ0n) is 20.4. The van der Waals surface area contributed by atoms with Crippen molar-refractivity contribution in [3.8, 4) is 0 Å². The molecular weight excluding hydrogens is 470 g/mol. The van der Waals surface area contributed by atoms with Crippen LogP contribution in [0.25, 0.3) is 0 Å². The van der Waals surface area contributed by atoms with Crippen LogP contribution in [0.5, 0.6) is 0 Å². The number of carboxylic acid groups (broad SMARTS) is 1. The summed E-state index contributed by atoms with van der Waals surface area (Å²) >= 11 is 4.15. The zero-order chi connectivity index (χ0) is 26.4. The molecule has 4 unspecified atom stereocenters. The highest BCUT2D eigenvalue weighted by molar-refractivity contribution is 7.80. The van der Waals surface area contributed by atoms with Crippen molar-refractivity contribution in [2.75, 3.05) is 12.3 Å². The van der Waals surface area contributed by atoms with Gasteiger partial charge in [0, 0.05) is 12.2 Å². The van der Waals surface area contributed by atoms with E-state index < -0.39 is 47.9 Å². The van der Waals surface area contributed by atoms with E-state index in [1.807, 2.05) is 44.2 Å². The summed E-state index contributed by atoms with van der Waals surface area (Å²) in [6.45, 7) is 4.31. The van der Waals surface area contributed by atoms with Gasteiger partial charge in [-0.3, -0.25) is 14.4 Å². The second kappa shape index (κ2) is 16.1. The fraction of sp³-hybridized carbons (Fsp3) is 0.583. The number of benzene rings is 1. The molecule has 0 saturated carbocycles. The van der Waals surface area contributed by atoms with E-state index in [-0.39, 0.29) is 24.5 Å². The van der Waals surface area contributed by atoms with Crippen molar-refractivity contribution in [2.24, 2.45) is 17.4 Å². The molecule has 0 bridgehead atoms. The van der Waals surface area contributed by atoms with Gasteiger partial charge >= 0.3 is 5.97 Å². The summed E-state index contributed by atoms with van der Waals surface area (Å²) in [6, 6.07) is 5.14. The Balaban J connectivity index is 2.93. The van der Waals surface area contributed by atoms with Crippen LogP contribution in [0.1, 0.15) is 45.1 Å². The first kappa shape index (κ1) is 30.4. The number of unbranched alkanes of at least 4 members (excludes halogenated alkanes) is 1. The van der Waals surface area contributed by atoms with Gasteiger partial charge in [-0.25, -0.2) is 4.79 Å². The van der Waals surface area contributed by atoms with Crippen molar-refractivity contribution in [2.45, 2.75) is 70.1 Å². The minimum Gasteiger partial charge on any atom is -0.480 e. The van der Waals surface area contributed by atoms with Gasteiger partial charge in [0.15, 0.2) is 0 Å². The summed E-state index contributed by atoms with van der Waals surface area (Å²) in [6.07, 6.45) is 2.02. The smallest absolute Gasteiger partial charge is 0.326 e. The second-order valence-corrected chi connectivity index (χ2v) is 9.28. The Hall–Kier alpha value is -2.63. The highest BCUT2D eigenvalue weighted by Gasteiger charge is 2.30. The van der Waals surface area contributed by atoms with Crippen LogP contribution >= 0.6 is 12.6 Å². The van der Waals surface area contributed by atoms with Gasteiger partial charge < -0.3 is 32.5 Å². The molecule has 196 valence electrons. The maximum Gasteiger partial charge on any atom is 0.326 e. The number of carbonyl (C=O) groups is 4. The highest BCUT2D eigenvalue weighted by atomic mass is 32.1. The number of thiol groups is 1. The van der Waals surface area contributed by atoms with Crippen LogP contribution in [-0.2, 0) is 25.6 Å². The molecule has 11 heteroatoms. The molecule has 1 aromatic carbocycles. The molecule has 1 aromatic rings. The van der Waals surface area contributed by atoms with Crippen LogP contribution in [0.3, 0.4) is 0 Å². The third-order valence-corrected chi connectivity index (χ3v) is 5.72. The lowest BCUT2D eigenvalue weighted by Crippen LogP contribution is -2.58. The largest absolute Gasteiger partial charge is 0.480 e. The molecular formula is C24H39N5O5S. The van der Waals surface area contributed by atoms with E-state index in [1.165, 1.54) is 0 Å². The van der Waals surface area contributed by atoms with Crippen LogP contribution in [0.2, 0.25) is 0 Å². The van der Waals surface area contributed by atoms with Crippen molar-refractivity contribution >= 4 is 36.3 Å². The van der Waals surface area contributed by atoms with Crippen molar-refractivity contribution in [1.29, 1.82) is 0 Å². The zero-order valence-corrected chi connectivity index (χ0v) is 21.3. The number of carboxylic acids is 1. The van der Waals surface area contributed by atoms with Gasteiger partial charge in [-0.1, -0.05) is 44.2 Å². The molecule has 35 heavy (non-hydrogen) atoms. The highest BCUT2D eigenvalue weighted by Crippen LogP contribution is 2.08. The van der Waals surface area contributed by atoms with Crippen molar-refractivity contribution in [3.63, 3.8) is 0 Å². The summed E-state index contributed by atoms with van der Waals surface area (Å²) in [7, 11) is 0. The summed E-state index contributed by atoms with van der Waals surface area (Å²) in [5.74, 6) is -2.77. The van der Waals surface area contributed by atoms with Gasteiger partial charge in [0.1, 0.15) is 18.1 Å². The van der Waals surface area contributed by atoms with Crippen LogP contribution < -0.4 is 27.4 Å². The average molecular weight is 510 g/mol. The molecule has 0 heterocycles. The summed E-state index contributed by atoms with van der Waals surface area (Å²) in [5.41, 5.74) is 12.2. The number of nitrogens with one attached hydrogen (secondary N) is 3. The summed E-state index contributed by atoms with van der Waals surface area (Å²) in [4.78, 5) is 50.0. The summed E-state index contributed by atoms with van der Waals surface area (Å²) < 4.78 is 0. The molecule has 1 rings (SSSR count). The predicted molar refractivity (Wildman–Crippen MR) is 138 cm³/mol. The second-order valence-electron chi connectivity index (χ2n) is 8.91. The Kier molecular flexibility index (Phi) is 14.0. The standard InChI is InChI=1S/C24H39N5O5S/c1-15(2)12-17(26)21(30)28-19(13-16-8-4-3-5-9-16)22(31)29-20(14-35)23(32)27-18(24(33)34)10-6-7-11-25/h3-5,8-9,15,17-20,35H,6-7,10-14,25-26H2,1-2H3,(H,27,32)(H,28,30)(H,29,31)(H,33,34). The molecule has 0 aliphatic carbocycles. The molecule has 0 aromatic heterocycles. The van der Waals surface area contributed by atoms with E-state index in [4.69, 9.17) is 11.5 Å². The monoisotopic (exact) mass is 509 g/mol. The number of aliphatic carboxylic acids is 1. The normalized spacial score (nSPS) is 14.5. The molecule has 10 nitrogen and oxygen atoms in total. The van der Waals surface area contributed by atoms with E-state index in [9.17, 15) is 24.3 Å². The minimum absolute atomic E-state index is 0.0639. The molecule has 0 aliphatic rings. The van der Waals surface area contributed by atoms with Gasteiger partial charge in [-0.05, 0) is 43.7 Å². The molecule has 4 atom stereocenters. The number of amides is 3. The van der Waals surface area contributed by atoms with Crippen LogP contribution in [0.15, 0.2) is 30.3 Å². The quantitative estimate of drug-likeness (QED) is 0.123. The van der Waals surface area contributed by atoms with Crippen molar-refractivity contribution in [1.82, 2.24) is 16.0 Å². The van der Waals surface area contributed by atoms with Gasteiger partial charge in [-0.2, -0.15) is 12.6 Å². The molecule has 3 amide bonds. The number of nitrogens with two attached hydrogens (primary N) is 2. The third-order valence-electron chi connectivity index (χ3n) is 5.35. The topological polar surface area (TPSA) is 177 Å². The average Bonchev–Trinajstić information content (AvgIpc) is 2.81. The number of hydrogen-bond acceptors (Lipinski definition) is 7. The SMILES string of the molecule is CC(C)CC(N)C(=O)NC(Cc1ccccc1)C(=O)NC(CS)C(=O)NC(CCCCN)C(=O)O. The maximum atomic E-state index is 13.1. The lowest BCUT2D eigenvalue weighted by atomic mass is 10.0. The Bertz CT molecular complexity index is 824. The van der Waals surface area contributed by atoms with Crippen LogP contribution in [0, 0.1) is 5.92 Å². The Labute approximate surface area is 212 Å². The molecule has 0 saturated heterocycles. The van der Waals surface area contributed by atoms with E-state index in [2.05, 4.69) is 28.6 Å². The number of rotatable bonds is 16. The maximum absolute atomic E-state index is 13.1. The van der Waals surface area contributed by atoms with Crippen LogP contribution in [-0.4, -0.2) is 65.3 Å². The van der Waals surface area contributed by atoms with E-state index >= 15 is 0 Å². The van der Waals surface area contributed by atoms with E-state index in [1.54, 1.807) is 0 Å². The fourth-order valence-electron chi connectivity index (χ4n) is 3.44. The van der Waals surface area contributed by atoms with Gasteiger partial charge in [0.05, 0.1) is 6.04 Å². The molecule has 0 fully saturated rings. The van der Waals surface area contributed by atoms with E-state index in [0.29, 0.717) is 25.8 Å². The predicted octanol–water partition coefficient (Wildman–Crippen LogP) is 0.200. The Morgan fingerprint density at radius 2 is 1.49 bits per heavy atom. The fourth-order valence-corrected chi connectivity index (χ4v) is 3.70. The Morgan fingerprint density at radius 1 is 0.914 bits per heavy atom. The van der Waals surface area contributed by atoms with E-state index in [0.717, 1.165) is 5.56 Å². The molecule has 8 N–H and O–H groups in total. The lowest BCUT2D eigenvalue weighted by Gasteiger charge is -2.25. The minimum atomic E-state index is -1.17. The van der Waals surface area contributed by atoms with Gasteiger partial charge in [-0.15, -0.1) is 0 Å². The first-order chi connectivity index (χ1) is 16.6. The van der Waals surface area contributed by atoms with Gasteiger partial charge in [0.25, 0.3) is 0 Å². The molecule has 0 radical (unpaired) electrons. The van der Waals surface area contributed by atoms with Gasteiger partial charge in [0.2, 0.25) is 17.7 Å². The third kappa shape index (κ3) is 11.6. The molecule has 0 aliphatic heterocycles. The number of hydrogen-bond donors (Lipinski definition) is 7. The van der Waals surface area contributed by atoms with Crippen molar-refractivity contribution < 1.29 is 24.3 Å². The molecule has 0 spiro atoms. The Morgan fingerprint density at radius 3 is 2.03 bits per heavy atom. The lowest BCUT2D eigenvalue weighted by molar-refractivity contribution is -0.142. The summed E-state index contributed by atoms with van der Waals surface area (Å²) in [5, 5.41) is 17.1. The first-order valence-corrected chi connectivity index (χ1v) is 12.5. The number of carbonyl (C=O) groups excluding carboxylic acids is 3.